The summed E-state index contributed by atoms with van der Waals surface area (Å²) >= 11 is 0. The fourth-order valence-electron chi connectivity index (χ4n) is 2.78. The van der Waals surface area contributed by atoms with Gasteiger partial charge in [0, 0.05) is 24.9 Å². The number of fused-ring (bicyclic) bond motifs is 3. The number of nitrogen functional groups attached to an aromatic ring is 1. The van der Waals surface area contributed by atoms with Crippen LogP contribution in [0.25, 0.3) is 21.9 Å². The summed E-state index contributed by atoms with van der Waals surface area (Å²) < 4.78 is 27.0. The smallest absolute Gasteiger partial charge is 0.208 e. The van der Waals surface area contributed by atoms with E-state index < -0.39 is 10.0 Å². The van der Waals surface area contributed by atoms with Crippen LogP contribution in [0.3, 0.4) is 0 Å². The molecule has 0 unspecified atom stereocenters. The molecule has 0 radical (unpaired) electrons. The molecule has 0 spiro atoms. The van der Waals surface area contributed by atoms with Gasteiger partial charge in [-0.2, -0.15) is 0 Å². The van der Waals surface area contributed by atoms with Crippen LogP contribution in [-0.2, 0) is 23.0 Å². The summed E-state index contributed by atoms with van der Waals surface area (Å²) in [6, 6.07) is 7.57. The second-order valence-electron chi connectivity index (χ2n) is 5.53. The Labute approximate surface area is 139 Å². The van der Waals surface area contributed by atoms with Gasteiger partial charge < -0.3 is 15.4 Å². The number of nitrogens with two attached hydrogens (primary N) is 1. The van der Waals surface area contributed by atoms with E-state index in [1.807, 2.05) is 28.8 Å². The monoisotopic (exact) mass is 349 g/mol. The number of benzene rings is 1. The van der Waals surface area contributed by atoms with Crippen molar-refractivity contribution in [2.75, 3.05) is 25.1 Å². The fourth-order valence-corrected chi connectivity index (χ4v) is 3.24. The normalized spacial score (nSPS) is 12.2. The Bertz CT molecular complexity index is 997. The average Bonchev–Trinajstić information content (AvgIpc) is 2.86. The van der Waals surface area contributed by atoms with Crippen LogP contribution in [0.15, 0.2) is 24.3 Å². The second kappa shape index (κ2) is 6.34. The lowest BCUT2D eigenvalue weighted by atomic mass is 10.2. The van der Waals surface area contributed by atoms with Crippen LogP contribution >= 0.6 is 0 Å². The summed E-state index contributed by atoms with van der Waals surface area (Å²) in [6.07, 6.45) is 1.46. The van der Waals surface area contributed by atoms with E-state index in [4.69, 9.17) is 5.73 Å². The van der Waals surface area contributed by atoms with Gasteiger partial charge in [-0.1, -0.05) is 18.2 Å². The van der Waals surface area contributed by atoms with Gasteiger partial charge in [-0.3, -0.25) is 0 Å². The highest BCUT2D eigenvalue weighted by atomic mass is 32.2. The Morgan fingerprint density at radius 3 is 2.75 bits per heavy atom. The maximum Gasteiger partial charge on any atom is 0.208 e. The molecule has 0 aliphatic carbocycles. The molecule has 8 nitrogen and oxygen atoms in total. The first-order valence-corrected chi connectivity index (χ1v) is 9.38. The predicted octanol–water partition coefficient (Wildman–Crippen LogP) is 0.251. The van der Waals surface area contributed by atoms with E-state index >= 15 is 0 Å². The number of nitrogens with zero attached hydrogens (tertiary/aromatic N) is 3. The standard InChI is InChI=1S/C15H19N5O3S/c1-24(22,23)17-7-8-20-12(6-9-21)19-13-14(20)10-4-2-3-5-11(10)18-15(13)16/h2-5,17,21H,6-9H2,1H3,(H2,16,18). The topological polar surface area (TPSA) is 123 Å². The van der Waals surface area contributed by atoms with Crippen molar-refractivity contribution in [3.8, 4) is 0 Å². The number of aromatic nitrogens is 3. The molecule has 128 valence electrons. The van der Waals surface area contributed by atoms with Crippen molar-refractivity contribution in [1.29, 1.82) is 0 Å². The lowest BCUT2D eigenvalue weighted by Crippen LogP contribution is -2.26. The highest BCUT2D eigenvalue weighted by Crippen LogP contribution is 2.28. The molecule has 2 aromatic heterocycles. The van der Waals surface area contributed by atoms with E-state index in [-0.39, 0.29) is 13.2 Å². The number of hydrogen-bond acceptors (Lipinski definition) is 6. The van der Waals surface area contributed by atoms with E-state index in [9.17, 15) is 13.5 Å². The minimum absolute atomic E-state index is 0.0614. The molecule has 3 aromatic rings. The minimum atomic E-state index is -3.28. The van der Waals surface area contributed by atoms with E-state index in [0.29, 0.717) is 30.1 Å². The van der Waals surface area contributed by atoms with Crippen molar-refractivity contribution in [2.45, 2.75) is 13.0 Å². The molecule has 0 fully saturated rings. The van der Waals surface area contributed by atoms with Gasteiger partial charge >= 0.3 is 0 Å². The number of anilines is 1. The SMILES string of the molecule is CS(=O)(=O)NCCn1c(CCO)nc2c(N)nc3ccccc3c21. The lowest BCUT2D eigenvalue weighted by molar-refractivity contribution is 0.295. The van der Waals surface area contributed by atoms with Crippen LogP contribution in [0, 0.1) is 0 Å². The van der Waals surface area contributed by atoms with E-state index in [0.717, 1.165) is 22.7 Å². The summed E-state index contributed by atoms with van der Waals surface area (Å²) in [5.74, 6) is 0.963. The van der Waals surface area contributed by atoms with Crippen molar-refractivity contribution in [3.05, 3.63) is 30.1 Å². The fraction of sp³-hybridized carbons (Fsp3) is 0.333. The first kappa shape index (κ1) is 16.6. The van der Waals surface area contributed by atoms with Crippen molar-refractivity contribution in [2.24, 2.45) is 0 Å². The van der Waals surface area contributed by atoms with Gasteiger partial charge in [0.1, 0.15) is 11.3 Å². The van der Waals surface area contributed by atoms with Crippen molar-refractivity contribution >= 4 is 37.8 Å². The van der Waals surface area contributed by atoms with Crippen LogP contribution in [-0.4, -0.2) is 47.5 Å². The molecule has 0 aliphatic heterocycles. The third-order valence-electron chi connectivity index (χ3n) is 3.72. The highest BCUT2D eigenvalue weighted by molar-refractivity contribution is 7.88. The van der Waals surface area contributed by atoms with Crippen LogP contribution < -0.4 is 10.5 Å². The van der Waals surface area contributed by atoms with Gasteiger partial charge in [0.05, 0.1) is 23.9 Å². The first-order chi connectivity index (χ1) is 11.4. The lowest BCUT2D eigenvalue weighted by Gasteiger charge is -2.10. The molecule has 0 saturated heterocycles. The van der Waals surface area contributed by atoms with Gasteiger partial charge in [-0.25, -0.2) is 23.1 Å². The number of sulfonamides is 1. The zero-order valence-corrected chi connectivity index (χ0v) is 14.0. The maximum atomic E-state index is 11.3. The number of aliphatic hydroxyl groups excluding tert-OH is 1. The van der Waals surface area contributed by atoms with Gasteiger partial charge in [-0.15, -0.1) is 0 Å². The highest BCUT2D eigenvalue weighted by Gasteiger charge is 2.17. The number of imidazole rings is 1. The molecule has 0 amide bonds. The molecule has 1 aromatic carbocycles. The van der Waals surface area contributed by atoms with Crippen LogP contribution in [0.2, 0.25) is 0 Å². The molecule has 0 aliphatic rings. The Kier molecular flexibility index (Phi) is 4.39. The largest absolute Gasteiger partial charge is 0.396 e. The van der Waals surface area contributed by atoms with Crippen LogP contribution in [0.5, 0.6) is 0 Å². The molecule has 0 bridgehead atoms. The van der Waals surface area contributed by atoms with Gasteiger partial charge in [0.25, 0.3) is 0 Å². The Hall–Kier alpha value is -2.23. The Morgan fingerprint density at radius 2 is 2.04 bits per heavy atom. The number of para-hydroxylation sites is 1. The third kappa shape index (κ3) is 3.18. The molecular weight excluding hydrogens is 330 g/mol. The van der Waals surface area contributed by atoms with E-state index in [1.165, 1.54) is 0 Å². The van der Waals surface area contributed by atoms with E-state index in [2.05, 4.69) is 14.7 Å². The number of aliphatic hydroxyl groups is 1. The summed E-state index contributed by atoms with van der Waals surface area (Å²) in [5, 5.41) is 10.2. The molecule has 9 heteroatoms. The zero-order chi connectivity index (χ0) is 17.3. The van der Waals surface area contributed by atoms with Crippen LogP contribution in [0.1, 0.15) is 5.82 Å². The molecule has 4 N–H and O–H groups in total. The minimum Gasteiger partial charge on any atom is -0.396 e. The van der Waals surface area contributed by atoms with Gasteiger partial charge in [0.15, 0.2) is 5.82 Å². The number of pyridine rings is 1. The molecule has 2 heterocycles. The number of nitrogens with one attached hydrogen (secondary N) is 1. The number of hydrogen-bond donors (Lipinski definition) is 3. The predicted molar refractivity (Wildman–Crippen MR) is 93.1 cm³/mol. The Morgan fingerprint density at radius 1 is 1.29 bits per heavy atom. The summed E-state index contributed by atoms with van der Waals surface area (Å²) in [4.78, 5) is 8.87. The maximum absolute atomic E-state index is 11.3. The summed E-state index contributed by atoms with van der Waals surface area (Å²) in [7, 11) is -3.28. The summed E-state index contributed by atoms with van der Waals surface area (Å²) in [6.45, 7) is 0.541. The van der Waals surface area contributed by atoms with E-state index in [1.54, 1.807) is 0 Å². The molecule has 0 atom stereocenters. The molecular formula is C15H19N5O3S. The quantitative estimate of drug-likeness (QED) is 0.586. The summed E-state index contributed by atoms with van der Waals surface area (Å²) in [5.41, 5.74) is 8.15. The van der Waals surface area contributed by atoms with Crippen molar-refractivity contribution in [3.63, 3.8) is 0 Å². The Balaban J connectivity index is 2.17. The van der Waals surface area contributed by atoms with Crippen molar-refractivity contribution < 1.29 is 13.5 Å². The second-order valence-corrected chi connectivity index (χ2v) is 7.36. The van der Waals surface area contributed by atoms with Crippen LogP contribution in [0.4, 0.5) is 5.82 Å². The molecule has 3 rings (SSSR count). The molecule has 24 heavy (non-hydrogen) atoms. The number of rotatable bonds is 6. The van der Waals surface area contributed by atoms with Crippen molar-refractivity contribution in [1.82, 2.24) is 19.3 Å². The molecule has 0 saturated carbocycles. The first-order valence-electron chi connectivity index (χ1n) is 7.49. The average molecular weight is 349 g/mol. The van der Waals surface area contributed by atoms with Gasteiger partial charge in [-0.05, 0) is 6.07 Å². The third-order valence-corrected chi connectivity index (χ3v) is 4.45. The zero-order valence-electron chi connectivity index (χ0n) is 13.2. The van der Waals surface area contributed by atoms with Gasteiger partial charge in [0.2, 0.25) is 10.0 Å².